The molecular formula is C14H16N2O. The van der Waals surface area contributed by atoms with Crippen molar-refractivity contribution in [3.05, 3.63) is 35.1 Å². The molecule has 0 spiro atoms. The first-order chi connectivity index (χ1) is 8.28. The van der Waals surface area contributed by atoms with E-state index >= 15 is 0 Å². The molecule has 17 heavy (non-hydrogen) atoms. The maximum atomic E-state index is 5.63. The van der Waals surface area contributed by atoms with Gasteiger partial charge < -0.3 is 10.2 Å². The van der Waals surface area contributed by atoms with E-state index in [-0.39, 0.29) is 6.01 Å². The smallest absolute Gasteiger partial charge is 0.292 e. The molecule has 0 saturated carbocycles. The molecule has 0 radical (unpaired) electrons. The van der Waals surface area contributed by atoms with Crippen LogP contribution in [0.15, 0.2) is 22.6 Å². The number of nitrogens with zero attached hydrogens (tertiary/aromatic N) is 1. The standard InChI is InChI=1S/C14H16N2O/c1-2-12-13(16-14(15)17-12)11-7-6-9-4-3-5-10(9)8-11/h6-8H,2-5H2,1H3,(H2,15,16). The van der Waals surface area contributed by atoms with E-state index in [1.54, 1.807) is 0 Å². The Morgan fingerprint density at radius 3 is 2.94 bits per heavy atom. The Balaban J connectivity index is 2.08. The van der Waals surface area contributed by atoms with Gasteiger partial charge in [-0.05, 0) is 36.5 Å². The van der Waals surface area contributed by atoms with Gasteiger partial charge in [0.15, 0.2) is 0 Å². The van der Waals surface area contributed by atoms with E-state index in [4.69, 9.17) is 10.2 Å². The summed E-state index contributed by atoms with van der Waals surface area (Å²) in [4.78, 5) is 4.29. The summed E-state index contributed by atoms with van der Waals surface area (Å²) >= 11 is 0. The molecule has 3 nitrogen and oxygen atoms in total. The van der Waals surface area contributed by atoms with Gasteiger partial charge in [-0.1, -0.05) is 19.1 Å². The minimum atomic E-state index is 0.261. The molecule has 0 amide bonds. The fourth-order valence-corrected chi connectivity index (χ4v) is 2.55. The number of aryl methyl sites for hydroxylation is 3. The minimum Gasteiger partial charge on any atom is -0.428 e. The van der Waals surface area contributed by atoms with Crippen molar-refractivity contribution in [2.75, 3.05) is 5.73 Å². The molecule has 0 fully saturated rings. The van der Waals surface area contributed by atoms with Crippen molar-refractivity contribution in [1.82, 2.24) is 4.98 Å². The van der Waals surface area contributed by atoms with Gasteiger partial charge >= 0.3 is 0 Å². The quantitative estimate of drug-likeness (QED) is 0.859. The number of nitrogen functional groups attached to an aromatic ring is 1. The van der Waals surface area contributed by atoms with Crippen molar-refractivity contribution in [2.24, 2.45) is 0 Å². The lowest BCUT2D eigenvalue weighted by atomic mass is 10.0. The summed E-state index contributed by atoms with van der Waals surface area (Å²) in [6.45, 7) is 2.05. The molecule has 2 N–H and O–H groups in total. The summed E-state index contributed by atoms with van der Waals surface area (Å²) in [6, 6.07) is 6.83. The number of fused-ring (bicyclic) bond motifs is 1. The number of rotatable bonds is 2. The maximum Gasteiger partial charge on any atom is 0.292 e. The molecule has 2 aromatic rings. The Kier molecular flexibility index (Phi) is 2.39. The predicted octanol–water partition coefficient (Wildman–Crippen LogP) is 2.97. The summed E-state index contributed by atoms with van der Waals surface area (Å²) < 4.78 is 5.40. The molecule has 1 heterocycles. The van der Waals surface area contributed by atoms with Gasteiger partial charge in [-0.15, -0.1) is 0 Å². The van der Waals surface area contributed by atoms with E-state index in [1.165, 1.54) is 30.4 Å². The minimum absolute atomic E-state index is 0.261. The molecule has 1 aromatic heterocycles. The van der Waals surface area contributed by atoms with E-state index in [9.17, 15) is 0 Å². The van der Waals surface area contributed by atoms with Crippen molar-refractivity contribution in [3.63, 3.8) is 0 Å². The van der Waals surface area contributed by atoms with Crippen LogP contribution in [0.4, 0.5) is 6.01 Å². The summed E-state index contributed by atoms with van der Waals surface area (Å²) in [5, 5.41) is 0. The average molecular weight is 228 g/mol. The largest absolute Gasteiger partial charge is 0.428 e. The van der Waals surface area contributed by atoms with E-state index in [2.05, 4.69) is 30.1 Å². The molecule has 0 unspecified atom stereocenters. The van der Waals surface area contributed by atoms with Crippen molar-refractivity contribution in [2.45, 2.75) is 32.6 Å². The highest BCUT2D eigenvalue weighted by atomic mass is 16.4. The van der Waals surface area contributed by atoms with Crippen LogP contribution in [-0.2, 0) is 19.3 Å². The maximum absolute atomic E-state index is 5.63. The highest BCUT2D eigenvalue weighted by Gasteiger charge is 2.16. The van der Waals surface area contributed by atoms with Crippen molar-refractivity contribution < 1.29 is 4.42 Å². The van der Waals surface area contributed by atoms with Gasteiger partial charge in [-0.25, -0.2) is 0 Å². The molecule has 0 aliphatic heterocycles. The van der Waals surface area contributed by atoms with Gasteiger partial charge in [0, 0.05) is 12.0 Å². The van der Waals surface area contributed by atoms with Crippen LogP contribution in [0.3, 0.4) is 0 Å². The van der Waals surface area contributed by atoms with Gasteiger partial charge in [-0.3, -0.25) is 0 Å². The third kappa shape index (κ3) is 1.71. The van der Waals surface area contributed by atoms with Gasteiger partial charge in [0.05, 0.1) is 0 Å². The van der Waals surface area contributed by atoms with E-state index in [0.717, 1.165) is 23.4 Å². The summed E-state index contributed by atoms with van der Waals surface area (Å²) in [5.74, 6) is 0.875. The first-order valence-electron chi connectivity index (χ1n) is 6.15. The van der Waals surface area contributed by atoms with Crippen LogP contribution in [-0.4, -0.2) is 4.98 Å². The first-order valence-corrected chi connectivity index (χ1v) is 6.15. The number of aromatic nitrogens is 1. The Bertz CT molecular complexity index is 557. The number of hydrogen-bond donors (Lipinski definition) is 1. The number of benzene rings is 1. The molecule has 0 atom stereocenters. The van der Waals surface area contributed by atoms with Crippen LogP contribution < -0.4 is 5.73 Å². The van der Waals surface area contributed by atoms with Crippen molar-refractivity contribution in [1.29, 1.82) is 0 Å². The lowest BCUT2D eigenvalue weighted by molar-refractivity contribution is 0.530. The molecule has 0 bridgehead atoms. The Hall–Kier alpha value is -1.77. The fraction of sp³-hybridized carbons (Fsp3) is 0.357. The highest BCUT2D eigenvalue weighted by Crippen LogP contribution is 2.30. The van der Waals surface area contributed by atoms with Gasteiger partial charge in [-0.2, -0.15) is 4.98 Å². The summed E-state index contributed by atoms with van der Waals surface area (Å²) in [7, 11) is 0. The molecule has 1 aliphatic carbocycles. The third-order valence-corrected chi connectivity index (χ3v) is 3.41. The zero-order valence-corrected chi connectivity index (χ0v) is 9.99. The van der Waals surface area contributed by atoms with Crippen LogP contribution in [0.25, 0.3) is 11.3 Å². The molecule has 0 saturated heterocycles. The topological polar surface area (TPSA) is 52.0 Å². The van der Waals surface area contributed by atoms with Crippen LogP contribution in [0.1, 0.15) is 30.2 Å². The SMILES string of the molecule is CCc1oc(N)nc1-c1ccc2c(c1)CCC2. The Morgan fingerprint density at radius 2 is 2.12 bits per heavy atom. The number of hydrogen-bond acceptors (Lipinski definition) is 3. The van der Waals surface area contributed by atoms with Crippen LogP contribution >= 0.6 is 0 Å². The summed E-state index contributed by atoms with van der Waals surface area (Å²) in [6.07, 6.45) is 4.46. The molecule has 1 aliphatic rings. The zero-order valence-electron chi connectivity index (χ0n) is 9.99. The zero-order chi connectivity index (χ0) is 11.8. The monoisotopic (exact) mass is 228 g/mol. The van der Waals surface area contributed by atoms with Gasteiger partial charge in [0.1, 0.15) is 11.5 Å². The highest BCUT2D eigenvalue weighted by molar-refractivity contribution is 5.64. The third-order valence-electron chi connectivity index (χ3n) is 3.41. The molecule has 1 aromatic carbocycles. The van der Waals surface area contributed by atoms with Crippen LogP contribution in [0.5, 0.6) is 0 Å². The second-order valence-corrected chi connectivity index (χ2v) is 4.51. The molecule has 3 rings (SSSR count). The second kappa shape index (κ2) is 3.91. The van der Waals surface area contributed by atoms with E-state index < -0.39 is 0 Å². The number of nitrogens with two attached hydrogens (primary N) is 1. The van der Waals surface area contributed by atoms with Gasteiger partial charge in [0.25, 0.3) is 6.01 Å². The number of anilines is 1. The van der Waals surface area contributed by atoms with Crippen LogP contribution in [0.2, 0.25) is 0 Å². The average Bonchev–Trinajstić information content (AvgIpc) is 2.93. The van der Waals surface area contributed by atoms with Crippen LogP contribution in [0, 0.1) is 0 Å². The molecule has 3 heteroatoms. The Labute approximate surface area is 101 Å². The lowest BCUT2D eigenvalue weighted by Crippen LogP contribution is -1.88. The van der Waals surface area contributed by atoms with E-state index in [1.807, 2.05) is 0 Å². The predicted molar refractivity (Wildman–Crippen MR) is 67.8 cm³/mol. The molecular weight excluding hydrogens is 212 g/mol. The first kappa shape index (κ1) is 10.4. The lowest BCUT2D eigenvalue weighted by Gasteiger charge is -2.03. The second-order valence-electron chi connectivity index (χ2n) is 4.51. The number of oxazole rings is 1. The van der Waals surface area contributed by atoms with Crippen molar-refractivity contribution in [3.8, 4) is 11.3 Å². The summed E-state index contributed by atoms with van der Waals surface area (Å²) in [5.41, 5.74) is 10.6. The van der Waals surface area contributed by atoms with Gasteiger partial charge in [0.2, 0.25) is 0 Å². The Morgan fingerprint density at radius 1 is 1.29 bits per heavy atom. The fourth-order valence-electron chi connectivity index (χ4n) is 2.55. The normalized spacial score (nSPS) is 13.9. The molecule has 88 valence electrons. The van der Waals surface area contributed by atoms with E-state index in [0.29, 0.717) is 0 Å². The van der Waals surface area contributed by atoms with Crippen molar-refractivity contribution >= 4 is 6.01 Å².